The second kappa shape index (κ2) is 5.06. The van der Waals surface area contributed by atoms with E-state index in [2.05, 4.69) is 0 Å². The maximum Gasteiger partial charge on any atom is 0.410 e. The molecule has 1 amide bonds. The van der Waals surface area contributed by atoms with Gasteiger partial charge in [0.2, 0.25) is 0 Å². The lowest BCUT2D eigenvalue weighted by Crippen LogP contribution is -2.47. The van der Waals surface area contributed by atoms with Gasteiger partial charge in [0.05, 0.1) is 0 Å². The predicted octanol–water partition coefficient (Wildman–Crippen LogP) is 3.01. The molecule has 0 heterocycles. The Kier molecular flexibility index (Phi) is 4.26. The van der Waals surface area contributed by atoms with Gasteiger partial charge < -0.3 is 9.64 Å². The van der Waals surface area contributed by atoms with Crippen molar-refractivity contribution in [2.75, 3.05) is 12.4 Å². The van der Waals surface area contributed by atoms with E-state index in [4.69, 9.17) is 16.3 Å². The van der Waals surface area contributed by atoms with Gasteiger partial charge in [0.15, 0.2) is 0 Å². The minimum atomic E-state index is -0.425. The molecule has 88 valence electrons. The topological polar surface area (TPSA) is 29.5 Å². The molecule has 0 spiro atoms. The van der Waals surface area contributed by atoms with E-state index in [0.717, 1.165) is 12.8 Å². The molecule has 0 aromatic rings. The summed E-state index contributed by atoms with van der Waals surface area (Å²) in [6, 6.07) is 0.346. The zero-order chi connectivity index (χ0) is 11.5. The first kappa shape index (κ1) is 12.6. The second-order valence-electron chi connectivity index (χ2n) is 4.95. The summed E-state index contributed by atoms with van der Waals surface area (Å²) in [5.74, 6) is 0.468. The number of halogens is 1. The number of alkyl halides is 1. The Hall–Kier alpha value is -0.440. The third kappa shape index (κ3) is 3.90. The lowest BCUT2D eigenvalue weighted by Gasteiger charge is -2.37. The largest absolute Gasteiger partial charge is 0.444 e. The van der Waals surface area contributed by atoms with Crippen molar-refractivity contribution in [2.24, 2.45) is 0 Å². The van der Waals surface area contributed by atoms with Crippen molar-refractivity contribution < 1.29 is 9.53 Å². The van der Waals surface area contributed by atoms with Gasteiger partial charge in [-0.15, -0.1) is 11.6 Å². The Morgan fingerprint density at radius 2 is 2.07 bits per heavy atom. The highest BCUT2D eigenvalue weighted by Gasteiger charge is 2.31. The van der Waals surface area contributed by atoms with Crippen molar-refractivity contribution in [3.05, 3.63) is 0 Å². The number of amides is 1. The van der Waals surface area contributed by atoms with Gasteiger partial charge in [0, 0.05) is 18.5 Å². The molecule has 0 aromatic heterocycles. The normalized spacial score (nSPS) is 17.1. The van der Waals surface area contributed by atoms with Crippen LogP contribution in [0.2, 0.25) is 0 Å². The van der Waals surface area contributed by atoms with Gasteiger partial charge >= 0.3 is 6.09 Å². The monoisotopic (exact) mass is 233 g/mol. The third-order valence-corrected chi connectivity index (χ3v) is 2.64. The van der Waals surface area contributed by atoms with Gasteiger partial charge in [-0.1, -0.05) is 0 Å². The summed E-state index contributed by atoms with van der Waals surface area (Å²) in [5.41, 5.74) is -0.425. The molecule has 0 saturated heterocycles. The van der Waals surface area contributed by atoms with Gasteiger partial charge in [-0.2, -0.15) is 0 Å². The van der Waals surface area contributed by atoms with Crippen molar-refractivity contribution in [2.45, 2.75) is 51.7 Å². The van der Waals surface area contributed by atoms with Crippen molar-refractivity contribution in [1.82, 2.24) is 4.90 Å². The summed E-state index contributed by atoms with van der Waals surface area (Å²) in [6.45, 7) is 6.22. The van der Waals surface area contributed by atoms with Crippen LogP contribution in [0.3, 0.4) is 0 Å². The molecule has 0 atom stereocenters. The molecular formula is C11H20ClNO2. The predicted molar refractivity (Wildman–Crippen MR) is 61.3 cm³/mol. The molecule has 1 fully saturated rings. The molecule has 0 aromatic carbocycles. The van der Waals surface area contributed by atoms with Gasteiger partial charge in [-0.05, 0) is 40.0 Å². The average Bonchev–Trinajstić information content (AvgIpc) is 1.96. The van der Waals surface area contributed by atoms with E-state index in [0.29, 0.717) is 18.5 Å². The number of hydrogen-bond acceptors (Lipinski definition) is 2. The number of carbonyl (C=O) groups is 1. The van der Waals surface area contributed by atoms with E-state index >= 15 is 0 Å². The molecule has 0 aliphatic heterocycles. The van der Waals surface area contributed by atoms with Crippen LogP contribution in [0.5, 0.6) is 0 Å². The Morgan fingerprint density at radius 3 is 2.40 bits per heavy atom. The fourth-order valence-corrected chi connectivity index (χ4v) is 1.72. The van der Waals surface area contributed by atoms with Crippen molar-refractivity contribution in [1.29, 1.82) is 0 Å². The lowest BCUT2D eigenvalue weighted by atomic mass is 9.92. The van der Waals surface area contributed by atoms with E-state index in [9.17, 15) is 4.79 Å². The van der Waals surface area contributed by atoms with E-state index in [1.165, 1.54) is 6.42 Å². The molecule has 1 rings (SSSR count). The molecule has 0 radical (unpaired) electrons. The number of nitrogens with zero attached hydrogens (tertiary/aromatic N) is 1. The molecule has 15 heavy (non-hydrogen) atoms. The molecule has 0 bridgehead atoms. The number of ether oxygens (including phenoxy) is 1. The molecule has 1 saturated carbocycles. The fourth-order valence-electron chi connectivity index (χ4n) is 1.53. The van der Waals surface area contributed by atoms with Gasteiger partial charge in [-0.25, -0.2) is 4.79 Å². The first-order valence-electron chi connectivity index (χ1n) is 5.49. The minimum Gasteiger partial charge on any atom is -0.444 e. The van der Waals surface area contributed by atoms with Crippen LogP contribution in [0.25, 0.3) is 0 Å². The fraction of sp³-hybridized carbons (Fsp3) is 0.909. The minimum absolute atomic E-state index is 0.229. The van der Waals surface area contributed by atoms with Crippen molar-refractivity contribution >= 4 is 17.7 Å². The summed E-state index contributed by atoms with van der Waals surface area (Å²) in [5, 5.41) is 0. The van der Waals surface area contributed by atoms with Crippen LogP contribution in [-0.2, 0) is 4.74 Å². The quantitative estimate of drug-likeness (QED) is 0.702. The second-order valence-corrected chi connectivity index (χ2v) is 5.33. The van der Waals surface area contributed by atoms with E-state index in [1.54, 1.807) is 4.90 Å². The number of rotatable bonds is 3. The first-order valence-corrected chi connectivity index (χ1v) is 6.03. The summed E-state index contributed by atoms with van der Waals surface area (Å²) in [4.78, 5) is 13.6. The van der Waals surface area contributed by atoms with Crippen LogP contribution < -0.4 is 0 Å². The summed E-state index contributed by atoms with van der Waals surface area (Å²) < 4.78 is 5.34. The Morgan fingerprint density at radius 1 is 1.47 bits per heavy atom. The lowest BCUT2D eigenvalue weighted by molar-refractivity contribution is 0.00885. The molecule has 1 aliphatic carbocycles. The SMILES string of the molecule is CC(C)(C)OC(=O)N(CCCl)C1CCC1. The summed E-state index contributed by atoms with van der Waals surface area (Å²) in [6.07, 6.45) is 3.13. The zero-order valence-electron chi connectivity index (χ0n) is 9.75. The molecule has 4 heteroatoms. The highest BCUT2D eigenvalue weighted by Crippen LogP contribution is 2.26. The highest BCUT2D eigenvalue weighted by atomic mass is 35.5. The summed E-state index contributed by atoms with van der Waals surface area (Å²) in [7, 11) is 0. The molecule has 0 unspecified atom stereocenters. The maximum atomic E-state index is 11.8. The third-order valence-electron chi connectivity index (χ3n) is 2.47. The summed E-state index contributed by atoms with van der Waals surface area (Å²) >= 11 is 5.69. The van der Waals surface area contributed by atoms with Gasteiger partial charge in [0.25, 0.3) is 0 Å². The van der Waals surface area contributed by atoms with Gasteiger partial charge in [-0.3, -0.25) is 0 Å². The van der Waals surface area contributed by atoms with Gasteiger partial charge in [0.1, 0.15) is 5.60 Å². The van der Waals surface area contributed by atoms with Crippen LogP contribution in [-0.4, -0.2) is 35.1 Å². The number of hydrogen-bond donors (Lipinski definition) is 0. The van der Waals surface area contributed by atoms with E-state index < -0.39 is 5.60 Å². The van der Waals surface area contributed by atoms with Crippen LogP contribution in [0.1, 0.15) is 40.0 Å². The zero-order valence-corrected chi connectivity index (χ0v) is 10.5. The molecular weight excluding hydrogens is 214 g/mol. The highest BCUT2D eigenvalue weighted by molar-refractivity contribution is 6.18. The van der Waals surface area contributed by atoms with Crippen molar-refractivity contribution in [3.8, 4) is 0 Å². The Balaban J connectivity index is 2.50. The number of carbonyl (C=O) groups excluding carboxylic acids is 1. The smallest absolute Gasteiger partial charge is 0.410 e. The Bertz CT molecular complexity index is 221. The molecule has 1 aliphatic rings. The average molecular weight is 234 g/mol. The van der Waals surface area contributed by atoms with Crippen LogP contribution >= 0.6 is 11.6 Å². The Labute approximate surface area is 96.7 Å². The molecule has 0 N–H and O–H groups in total. The van der Waals surface area contributed by atoms with Crippen molar-refractivity contribution in [3.63, 3.8) is 0 Å². The van der Waals surface area contributed by atoms with E-state index in [1.807, 2.05) is 20.8 Å². The van der Waals surface area contributed by atoms with Crippen LogP contribution in [0, 0.1) is 0 Å². The van der Waals surface area contributed by atoms with Crippen LogP contribution in [0.15, 0.2) is 0 Å². The van der Waals surface area contributed by atoms with Crippen LogP contribution in [0.4, 0.5) is 4.79 Å². The molecule has 3 nitrogen and oxygen atoms in total. The standard InChI is InChI=1S/C11H20ClNO2/c1-11(2,3)15-10(14)13(8-7-12)9-5-4-6-9/h9H,4-8H2,1-3H3. The van der Waals surface area contributed by atoms with E-state index in [-0.39, 0.29) is 6.09 Å². The maximum absolute atomic E-state index is 11.8. The first-order chi connectivity index (χ1) is 6.94.